The molecule has 3 nitrogen and oxygen atoms in total. The molecule has 1 aromatic rings. The van der Waals surface area contributed by atoms with Crippen molar-refractivity contribution in [3.05, 3.63) is 24.3 Å². The topological polar surface area (TPSA) is 33.3 Å². The van der Waals surface area contributed by atoms with E-state index in [1.807, 2.05) is 0 Å². The van der Waals surface area contributed by atoms with E-state index in [1.165, 1.54) is 12.1 Å². The maximum atomic E-state index is 11.8. The summed E-state index contributed by atoms with van der Waals surface area (Å²) in [7, 11) is 1.68. The van der Waals surface area contributed by atoms with E-state index >= 15 is 0 Å². The first-order chi connectivity index (χ1) is 7.11. The highest BCUT2D eigenvalue weighted by atomic mass is 32.1. The fourth-order valence-corrected chi connectivity index (χ4v) is 1.03. The lowest BCUT2D eigenvalue weighted by Gasteiger charge is -2.08. The summed E-state index contributed by atoms with van der Waals surface area (Å²) < 4.78 is 27.8. The molecule has 0 spiro atoms. The second kappa shape index (κ2) is 5.45. The van der Waals surface area contributed by atoms with Crippen LogP contribution in [0.3, 0.4) is 0 Å². The number of rotatable bonds is 3. The van der Waals surface area contributed by atoms with Crippen molar-refractivity contribution in [1.82, 2.24) is 5.32 Å². The normalized spacial score (nSPS) is 9.87. The molecule has 1 rings (SSSR count). The van der Waals surface area contributed by atoms with Crippen LogP contribution in [0.2, 0.25) is 0 Å². The van der Waals surface area contributed by atoms with Crippen molar-refractivity contribution in [3.8, 4) is 5.75 Å². The first-order valence-electron chi connectivity index (χ1n) is 4.15. The minimum Gasteiger partial charge on any atom is -0.435 e. The molecule has 0 radical (unpaired) electrons. The molecule has 0 amide bonds. The third-order valence-electron chi connectivity index (χ3n) is 1.56. The number of alkyl halides is 2. The van der Waals surface area contributed by atoms with Crippen LogP contribution in [-0.4, -0.2) is 18.8 Å². The van der Waals surface area contributed by atoms with Gasteiger partial charge in [-0.25, -0.2) is 0 Å². The lowest BCUT2D eigenvalue weighted by molar-refractivity contribution is -0.0498. The molecule has 15 heavy (non-hydrogen) atoms. The van der Waals surface area contributed by atoms with Gasteiger partial charge in [-0.1, -0.05) is 0 Å². The van der Waals surface area contributed by atoms with Crippen LogP contribution in [0.25, 0.3) is 0 Å². The summed E-state index contributed by atoms with van der Waals surface area (Å²) >= 11 is 4.87. The van der Waals surface area contributed by atoms with Gasteiger partial charge >= 0.3 is 6.61 Å². The summed E-state index contributed by atoms with van der Waals surface area (Å²) in [5.74, 6) is 0.117. The molecule has 0 atom stereocenters. The fourth-order valence-electron chi connectivity index (χ4n) is 0.913. The van der Waals surface area contributed by atoms with Crippen molar-refractivity contribution in [3.63, 3.8) is 0 Å². The van der Waals surface area contributed by atoms with Crippen molar-refractivity contribution < 1.29 is 13.5 Å². The van der Waals surface area contributed by atoms with Gasteiger partial charge in [-0.15, -0.1) is 0 Å². The number of ether oxygens (including phenoxy) is 1. The van der Waals surface area contributed by atoms with Gasteiger partial charge in [-0.05, 0) is 36.5 Å². The molecule has 0 aliphatic carbocycles. The van der Waals surface area contributed by atoms with E-state index in [1.54, 1.807) is 19.2 Å². The zero-order chi connectivity index (χ0) is 11.3. The number of thiocarbonyl (C=S) groups is 1. The Bertz CT molecular complexity index is 329. The maximum absolute atomic E-state index is 11.8. The van der Waals surface area contributed by atoms with Gasteiger partial charge in [0.25, 0.3) is 0 Å². The molecule has 0 saturated carbocycles. The highest BCUT2D eigenvalue weighted by Gasteiger charge is 2.03. The van der Waals surface area contributed by atoms with Gasteiger partial charge in [-0.2, -0.15) is 8.78 Å². The van der Waals surface area contributed by atoms with E-state index in [4.69, 9.17) is 12.2 Å². The molecule has 0 aliphatic heterocycles. The van der Waals surface area contributed by atoms with Gasteiger partial charge in [0.05, 0.1) is 0 Å². The van der Waals surface area contributed by atoms with Gasteiger partial charge in [0.2, 0.25) is 0 Å². The average molecular weight is 232 g/mol. The second-order valence-corrected chi connectivity index (χ2v) is 3.02. The minimum atomic E-state index is -2.80. The molecule has 0 heterocycles. The third-order valence-corrected chi connectivity index (χ3v) is 1.87. The largest absolute Gasteiger partial charge is 0.435 e. The number of nitrogens with one attached hydrogen (secondary N) is 2. The van der Waals surface area contributed by atoms with Crippen molar-refractivity contribution >= 4 is 23.0 Å². The van der Waals surface area contributed by atoms with Crippen LogP contribution in [-0.2, 0) is 0 Å². The predicted molar refractivity (Wildman–Crippen MR) is 58.4 cm³/mol. The number of hydrogen-bond acceptors (Lipinski definition) is 2. The van der Waals surface area contributed by atoms with Gasteiger partial charge in [0, 0.05) is 12.7 Å². The van der Waals surface area contributed by atoms with Crippen LogP contribution in [0.4, 0.5) is 14.5 Å². The third kappa shape index (κ3) is 4.07. The maximum Gasteiger partial charge on any atom is 0.387 e. The average Bonchev–Trinajstić information content (AvgIpc) is 2.20. The van der Waals surface area contributed by atoms with Crippen LogP contribution in [0.5, 0.6) is 5.75 Å². The molecule has 0 saturated heterocycles. The molecule has 0 unspecified atom stereocenters. The van der Waals surface area contributed by atoms with Gasteiger partial charge in [-0.3, -0.25) is 0 Å². The van der Waals surface area contributed by atoms with E-state index in [2.05, 4.69) is 15.4 Å². The highest BCUT2D eigenvalue weighted by molar-refractivity contribution is 7.80. The summed E-state index contributed by atoms with van der Waals surface area (Å²) in [5.41, 5.74) is 0.705. The molecule has 1 aromatic carbocycles. The Morgan fingerprint density at radius 2 is 1.93 bits per heavy atom. The Morgan fingerprint density at radius 1 is 1.33 bits per heavy atom. The molecule has 0 fully saturated rings. The van der Waals surface area contributed by atoms with E-state index in [0.717, 1.165) is 0 Å². The first kappa shape index (κ1) is 11.6. The van der Waals surface area contributed by atoms with Crippen molar-refractivity contribution in [1.29, 1.82) is 0 Å². The SMILES string of the molecule is CNC(=S)Nc1ccc(OC(F)F)cc1. The monoisotopic (exact) mass is 232 g/mol. The number of halogens is 2. The summed E-state index contributed by atoms with van der Waals surface area (Å²) in [5, 5.41) is 6.03. The smallest absolute Gasteiger partial charge is 0.387 e. The van der Waals surface area contributed by atoms with E-state index in [9.17, 15) is 8.78 Å². The quantitative estimate of drug-likeness (QED) is 0.783. The summed E-state index contributed by atoms with van der Waals surface area (Å²) in [6.45, 7) is -2.80. The molecule has 0 aromatic heterocycles. The molecule has 82 valence electrons. The van der Waals surface area contributed by atoms with Gasteiger partial charge in [0.15, 0.2) is 5.11 Å². The highest BCUT2D eigenvalue weighted by Crippen LogP contribution is 2.17. The molecule has 6 heteroatoms. The van der Waals surface area contributed by atoms with Gasteiger partial charge < -0.3 is 15.4 Å². The Balaban J connectivity index is 2.60. The summed E-state index contributed by atoms with van der Waals surface area (Å²) in [6, 6.07) is 6.07. The van der Waals surface area contributed by atoms with Crippen molar-refractivity contribution in [2.75, 3.05) is 12.4 Å². The minimum absolute atomic E-state index is 0.117. The van der Waals surface area contributed by atoms with Crippen LogP contribution in [0.15, 0.2) is 24.3 Å². The Kier molecular flexibility index (Phi) is 4.23. The first-order valence-corrected chi connectivity index (χ1v) is 4.56. The van der Waals surface area contributed by atoms with Gasteiger partial charge in [0.1, 0.15) is 5.75 Å². The van der Waals surface area contributed by atoms with Crippen LogP contribution < -0.4 is 15.4 Å². The van der Waals surface area contributed by atoms with Crippen LogP contribution in [0, 0.1) is 0 Å². The molecule has 0 aliphatic rings. The van der Waals surface area contributed by atoms with Crippen LogP contribution in [0.1, 0.15) is 0 Å². The number of hydrogen-bond donors (Lipinski definition) is 2. The zero-order valence-electron chi connectivity index (χ0n) is 7.96. The zero-order valence-corrected chi connectivity index (χ0v) is 8.78. The fraction of sp³-hybridized carbons (Fsp3) is 0.222. The van der Waals surface area contributed by atoms with E-state index in [-0.39, 0.29) is 5.75 Å². The summed E-state index contributed by atoms with van der Waals surface area (Å²) in [4.78, 5) is 0. The van der Waals surface area contributed by atoms with Crippen LogP contribution >= 0.6 is 12.2 Å². The molecular weight excluding hydrogens is 222 g/mol. The standard InChI is InChI=1S/C9H10F2N2OS/c1-12-9(15)13-6-2-4-7(5-3-6)14-8(10)11/h2-5,8H,1H3,(H2,12,13,15). The molecular formula is C9H10F2N2OS. The Morgan fingerprint density at radius 3 is 2.40 bits per heavy atom. The summed E-state index contributed by atoms with van der Waals surface area (Å²) in [6.07, 6.45) is 0. The second-order valence-electron chi connectivity index (χ2n) is 2.61. The van der Waals surface area contributed by atoms with E-state index in [0.29, 0.717) is 10.8 Å². The van der Waals surface area contributed by atoms with E-state index < -0.39 is 6.61 Å². The lowest BCUT2D eigenvalue weighted by atomic mass is 10.3. The predicted octanol–water partition coefficient (Wildman–Crippen LogP) is 2.20. The van der Waals surface area contributed by atoms with Crippen molar-refractivity contribution in [2.45, 2.75) is 6.61 Å². The number of benzene rings is 1. The molecule has 2 N–H and O–H groups in total. The lowest BCUT2D eigenvalue weighted by Crippen LogP contribution is -2.23. The molecule has 0 bridgehead atoms. The Hall–Kier alpha value is -1.43. The van der Waals surface area contributed by atoms with Crippen molar-refractivity contribution in [2.24, 2.45) is 0 Å². The Labute approximate surface area is 91.4 Å². The number of anilines is 1.